The van der Waals surface area contributed by atoms with Gasteiger partial charge in [0.1, 0.15) is 11.3 Å². The van der Waals surface area contributed by atoms with E-state index in [1.54, 1.807) is 6.92 Å². The van der Waals surface area contributed by atoms with Crippen LogP contribution in [-0.4, -0.2) is 18.0 Å². The molecular weight excluding hydrogens is 327 g/mol. The summed E-state index contributed by atoms with van der Waals surface area (Å²) < 4.78 is 48.6. The Labute approximate surface area is 135 Å². The van der Waals surface area contributed by atoms with Crippen molar-refractivity contribution in [2.75, 3.05) is 5.32 Å². The summed E-state index contributed by atoms with van der Waals surface area (Å²) in [5.41, 5.74) is -1.25. The van der Waals surface area contributed by atoms with Gasteiger partial charge in [-0.05, 0) is 32.0 Å². The van der Waals surface area contributed by atoms with Crippen LogP contribution < -0.4 is 5.32 Å². The zero-order valence-electron chi connectivity index (χ0n) is 12.8. The van der Waals surface area contributed by atoms with Crippen LogP contribution in [-0.2, 0) is 15.7 Å². The number of hydrogen-bond acceptors (Lipinski definition) is 4. The summed E-state index contributed by atoms with van der Waals surface area (Å²) in [7, 11) is 0. The molecule has 0 spiro atoms. The fourth-order valence-corrected chi connectivity index (χ4v) is 1.95. The Balaban J connectivity index is 2.08. The van der Waals surface area contributed by atoms with Crippen molar-refractivity contribution in [3.05, 3.63) is 53.5 Å². The molecule has 128 valence electrons. The molecule has 0 saturated heterocycles. The molecule has 1 N–H and O–H groups in total. The molecule has 1 atom stereocenters. The monoisotopic (exact) mass is 341 g/mol. The average molecular weight is 341 g/mol. The number of aryl methyl sites for hydroxylation is 1. The van der Waals surface area contributed by atoms with Crippen LogP contribution in [0.15, 0.2) is 41.0 Å². The van der Waals surface area contributed by atoms with Crippen LogP contribution >= 0.6 is 0 Å². The van der Waals surface area contributed by atoms with E-state index in [4.69, 9.17) is 9.15 Å². The van der Waals surface area contributed by atoms with Gasteiger partial charge in [0, 0.05) is 0 Å². The second-order valence-electron chi connectivity index (χ2n) is 4.97. The van der Waals surface area contributed by atoms with Crippen molar-refractivity contribution in [2.45, 2.75) is 26.1 Å². The molecule has 0 radical (unpaired) electrons. The van der Waals surface area contributed by atoms with Gasteiger partial charge < -0.3 is 14.5 Å². The maximum Gasteiger partial charge on any atom is 0.418 e. The minimum atomic E-state index is -4.61. The first-order valence-electron chi connectivity index (χ1n) is 6.92. The van der Waals surface area contributed by atoms with Gasteiger partial charge in [0.05, 0.1) is 17.5 Å². The molecule has 24 heavy (non-hydrogen) atoms. The van der Waals surface area contributed by atoms with E-state index in [-0.39, 0.29) is 5.56 Å². The van der Waals surface area contributed by atoms with Crippen LogP contribution in [0.25, 0.3) is 0 Å². The molecule has 0 bridgehead atoms. The number of alkyl halides is 3. The Morgan fingerprint density at radius 3 is 2.46 bits per heavy atom. The molecule has 8 heteroatoms. The fraction of sp³-hybridized carbons (Fsp3) is 0.250. The molecule has 1 amide bonds. The highest BCUT2D eigenvalue weighted by molar-refractivity contribution is 5.98. The summed E-state index contributed by atoms with van der Waals surface area (Å²) in [5, 5.41) is 2.12. The molecule has 0 aliphatic carbocycles. The summed E-state index contributed by atoms with van der Waals surface area (Å²) >= 11 is 0. The molecule has 1 aromatic carbocycles. The highest BCUT2D eigenvalue weighted by Crippen LogP contribution is 2.34. The second-order valence-corrected chi connectivity index (χ2v) is 4.97. The number of ether oxygens (including phenoxy) is 1. The van der Waals surface area contributed by atoms with E-state index >= 15 is 0 Å². The van der Waals surface area contributed by atoms with E-state index in [1.807, 2.05) is 0 Å². The lowest BCUT2D eigenvalue weighted by Crippen LogP contribution is -2.30. The maximum absolute atomic E-state index is 12.9. The number of halogens is 3. The molecule has 0 fully saturated rings. The number of amides is 1. The first-order valence-corrected chi connectivity index (χ1v) is 6.92. The van der Waals surface area contributed by atoms with Gasteiger partial charge in [-0.1, -0.05) is 12.1 Å². The number of esters is 1. The molecular formula is C16H14F3NO4. The Kier molecular flexibility index (Phi) is 4.96. The lowest BCUT2D eigenvalue weighted by Gasteiger charge is -2.16. The van der Waals surface area contributed by atoms with Crippen LogP contribution in [0.5, 0.6) is 0 Å². The van der Waals surface area contributed by atoms with Crippen molar-refractivity contribution < 1.29 is 31.9 Å². The minimum Gasteiger partial charge on any atom is -0.469 e. The third-order valence-electron chi connectivity index (χ3n) is 3.22. The molecule has 1 heterocycles. The van der Waals surface area contributed by atoms with Crippen molar-refractivity contribution in [2.24, 2.45) is 0 Å². The van der Waals surface area contributed by atoms with E-state index < -0.39 is 35.4 Å². The largest absolute Gasteiger partial charge is 0.469 e. The molecule has 2 rings (SSSR count). The van der Waals surface area contributed by atoms with E-state index in [0.29, 0.717) is 5.76 Å². The number of furan rings is 1. The van der Waals surface area contributed by atoms with Gasteiger partial charge >= 0.3 is 12.1 Å². The highest BCUT2D eigenvalue weighted by atomic mass is 19.4. The summed E-state index contributed by atoms with van der Waals surface area (Å²) in [6.07, 6.45) is -4.61. The van der Waals surface area contributed by atoms with E-state index in [0.717, 1.165) is 12.1 Å². The van der Waals surface area contributed by atoms with Crippen LogP contribution in [0.2, 0.25) is 0 Å². The fourth-order valence-electron chi connectivity index (χ4n) is 1.95. The zero-order valence-corrected chi connectivity index (χ0v) is 12.8. The first-order chi connectivity index (χ1) is 11.2. The smallest absolute Gasteiger partial charge is 0.418 e. The maximum atomic E-state index is 12.9. The van der Waals surface area contributed by atoms with Crippen molar-refractivity contribution in [3.8, 4) is 0 Å². The Bertz CT molecular complexity index is 752. The SMILES string of the molecule is Cc1occc1C(=O)O[C@H](C)C(=O)Nc1ccccc1C(F)(F)F. The molecule has 0 unspecified atom stereocenters. The molecule has 0 aliphatic heterocycles. The topological polar surface area (TPSA) is 68.5 Å². The number of nitrogens with one attached hydrogen (secondary N) is 1. The summed E-state index contributed by atoms with van der Waals surface area (Å²) in [5.74, 6) is -1.36. The quantitative estimate of drug-likeness (QED) is 0.859. The van der Waals surface area contributed by atoms with E-state index in [9.17, 15) is 22.8 Å². The standard InChI is InChI=1S/C16H14F3NO4/c1-9-11(7-8-23-9)15(22)24-10(2)14(21)20-13-6-4-3-5-12(13)16(17,18)19/h3-8,10H,1-2H3,(H,20,21)/t10-/m1/s1. The summed E-state index contributed by atoms with van der Waals surface area (Å²) in [6.45, 7) is 2.81. The van der Waals surface area contributed by atoms with Gasteiger partial charge in [-0.3, -0.25) is 4.79 Å². The molecule has 0 aliphatic rings. The Morgan fingerprint density at radius 1 is 1.21 bits per heavy atom. The number of rotatable bonds is 4. The summed E-state index contributed by atoms with van der Waals surface area (Å²) in [4.78, 5) is 23.9. The second kappa shape index (κ2) is 6.77. The predicted molar refractivity (Wildman–Crippen MR) is 78.4 cm³/mol. The van der Waals surface area contributed by atoms with Crippen molar-refractivity contribution in [1.29, 1.82) is 0 Å². The van der Waals surface area contributed by atoms with Crippen LogP contribution in [0.3, 0.4) is 0 Å². The third-order valence-corrected chi connectivity index (χ3v) is 3.22. The van der Waals surface area contributed by atoms with Crippen molar-refractivity contribution in [1.82, 2.24) is 0 Å². The van der Waals surface area contributed by atoms with Crippen molar-refractivity contribution in [3.63, 3.8) is 0 Å². The minimum absolute atomic E-state index is 0.144. The number of hydrogen-bond donors (Lipinski definition) is 1. The van der Waals surface area contributed by atoms with Gasteiger partial charge in [-0.25, -0.2) is 4.79 Å². The number of benzene rings is 1. The van der Waals surface area contributed by atoms with Crippen LogP contribution in [0, 0.1) is 6.92 Å². The Morgan fingerprint density at radius 2 is 1.88 bits per heavy atom. The summed E-state index contributed by atoms with van der Waals surface area (Å²) in [6, 6.07) is 5.91. The van der Waals surface area contributed by atoms with Crippen LogP contribution in [0.4, 0.5) is 18.9 Å². The molecule has 0 saturated carbocycles. The normalized spacial score (nSPS) is 12.5. The molecule has 2 aromatic rings. The number of anilines is 1. The number of carbonyl (C=O) groups is 2. The lowest BCUT2D eigenvalue weighted by atomic mass is 10.1. The van der Waals surface area contributed by atoms with Gasteiger partial charge in [0.15, 0.2) is 6.10 Å². The van der Waals surface area contributed by atoms with Crippen molar-refractivity contribution >= 4 is 17.6 Å². The van der Waals surface area contributed by atoms with Crippen LogP contribution in [0.1, 0.15) is 28.6 Å². The zero-order chi connectivity index (χ0) is 17.9. The number of para-hydroxylation sites is 1. The first kappa shape index (κ1) is 17.6. The van der Waals surface area contributed by atoms with Gasteiger partial charge in [0.2, 0.25) is 0 Å². The van der Waals surface area contributed by atoms with Gasteiger partial charge in [0.25, 0.3) is 5.91 Å². The Hall–Kier alpha value is -2.77. The molecule has 5 nitrogen and oxygen atoms in total. The number of carbonyl (C=O) groups excluding carboxylic acids is 2. The average Bonchev–Trinajstić information content (AvgIpc) is 2.92. The molecule has 1 aromatic heterocycles. The van der Waals surface area contributed by atoms with E-state index in [1.165, 1.54) is 31.4 Å². The lowest BCUT2D eigenvalue weighted by molar-refractivity contribution is -0.137. The van der Waals surface area contributed by atoms with E-state index in [2.05, 4.69) is 5.32 Å². The third kappa shape index (κ3) is 3.95. The highest BCUT2D eigenvalue weighted by Gasteiger charge is 2.34. The van der Waals surface area contributed by atoms with Gasteiger partial charge in [-0.15, -0.1) is 0 Å². The predicted octanol–water partition coefficient (Wildman–Crippen LogP) is 3.79. The van der Waals surface area contributed by atoms with Gasteiger partial charge in [-0.2, -0.15) is 13.2 Å².